The van der Waals surface area contributed by atoms with Gasteiger partial charge in [-0.3, -0.25) is 19.7 Å². The highest BCUT2D eigenvalue weighted by atomic mass is 31.1. The van der Waals surface area contributed by atoms with E-state index in [1.165, 1.54) is 13.2 Å². The van der Waals surface area contributed by atoms with E-state index >= 15 is 0 Å². The number of carbonyl (C=O) groups excluding carboxylic acids is 2. The largest absolute Gasteiger partial charge is 0.490 e. The summed E-state index contributed by atoms with van der Waals surface area (Å²) in [5, 5.41) is 12.0. The number of ether oxygens (including phenoxy) is 3. The Morgan fingerprint density at radius 2 is 1.70 bits per heavy atom. The summed E-state index contributed by atoms with van der Waals surface area (Å²) in [4.78, 5) is 35.5. The second-order valence-corrected chi connectivity index (χ2v) is 8.61. The van der Waals surface area contributed by atoms with Crippen LogP contribution in [0.5, 0.6) is 5.75 Å². The van der Waals surface area contributed by atoms with Crippen molar-refractivity contribution in [3.05, 3.63) is 28.3 Å². The van der Waals surface area contributed by atoms with E-state index in [-0.39, 0.29) is 24.7 Å². The minimum atomic E-state index is -1.25. The number of nitrogens with zero attached hydrogens (tertiary/aromatic N) is 1. The number of carbonyl (C=O) groups is 2. The molecule has 1 aromatic carbocycles. The van der Waals surface area contributed by atoms with Gasteiger partial charge in [-0.25, -0.2) is 0 Å². The van der Waals surface area contributed by atoms with Gasteiger partial charge in [0.2, 0.25) is 0 Å². The number of hydrogen-bond acceptors (Lipinski definition) is 7. The molecule has 0 saturated carbocycles. The molecule has 0 N–H and O–H groups in total. The van der Waals surface area contributed by atoms with Gasteiger partial charge in [-0.15, -0.1) is 0 Å². The van der Waals surface area contributed by atoms with E-state index in [2.05, 4.69) is 0 Å². The van der Waals surface area contributed by atoms with Crippen LogP contribution in [0, 0.1) is 15.5 Å². The zero-order valence-corrected chi connectivity index (χ0v) is 16.6. The first-order valence-corrected chi connectivity index (χ1v) is 10.5. The summed E-state index contributed by atoms with van der Waals surface area (Å²) < 4.78 is 15.4. The van der Waals surface area contributed by atoms with E-state index in [0.717, 1.165) is 5.30 Å². The van der Waals surface area contributed by atoms with Crippen molar-refractivity contribution >= 4 is 30.9 Å². The maximum atomic E-state index is 12.5. The number of methoxy groups -OCH3 is 1. The molecule has 1 saturated heterocycles. The standard InChI is InChI=1S/C18H24NO7P/c1-4-25-16(20)18(17(21)26-5-2)8-10-27(11-9-18)13-6-7-14(19(22)23)15(12-13)24-3/h6-7,12H,4-5,8-11H2,1-3H3. The molecule has 0 unspecified atom stereocenters. The molecule has 0 atom stereocenters. The summed E-state index contributed by atoms with van der Waals surface area (Å²) in [6.07, 6.45) is 1.95. The van der Waals surface area contributed by atoms with Crippen LogP contribution in [0.25, 0.3) is 0 Å². The van der Waals surface area contributed by atoms with Gasteiger partial charge in [0.1, 0.15) is 0 Å². The molecule has 27 heavy (non-hydrogen) atoms. The minimum absolute atomic E-state index is 0.0827. The molecule has 0 radical (unpaired) electrons. The number of hydrogen-bond donors (Lipinski definition) is 0. The predicted octanol–water partition coefficient (Wildman–Crippen LogP) is 2.62. The van der Waals surface area contributed by atoms with E-state index in [9.17, 15) is 19.7 Å². The number of nitro groups is 1. The lowest BCUT2D eigenvalue weighted by Crippen LogP contribution is -2.45. The molecule has 0 amide bonds. The molecule has 1 fully saturated rings. The van der Waals surface area contributed by atoms with E-state index in [1.807, 2.05) is 0 Å². The van der Waals surface area contributed by atoms with Crippen molar-refractivity contribution in [2.45, 2.75) is 26.7 Å². The zero-order chi connectivity index (χ0) is 20.0. The van der Waals surface area contributed by atoms with Crippen LogP contribution in [-0.4, -0.2) is 49.5 Å². The SMILES string of the molecule is CCOC(=O)C1(C(=O)OCC)CCP(c2ccc([N+](=O)[O-])c(OC)c2)CC1. The molecule has 8 nitrogen and oxygen atoms in total. The molecule has 0 aromatic heterocycles. The second kappa shape index (κ2) is 9.13. The van der Waals surface area contributed by atoms with Crippen molar-refractivity contribution in [3.63, 3.8) is 0 Å². The maximum Gasteiger partial charge on any atom is 0.323 e. The van der Waals surface area contributed by atoms with Crippen molar-refractivity contribution in [2.75, 3.05) is 32.6 Å². The highest BCUT2D eigenvalue weighted by molar-refractivity contribution is 7.65. The predicted molar refractivity (Wildman–Crippen MR) is 101 cm³/mol. The first-order chi connectivity index (χ1) is 12.9. The van der Waals surface area contributed by atoms with Crippen LogP contribution < -0.4 is 10.0 Å². The van der Waals surface area contributed by atoms with Crippen LogP contribution in [0.1, 0.15) is 26.7 Å². The molecule has 0 bridgehead atoms. The average molecular weight is 397 g/mol. The second-order valence-electron chi connectivity index (χ2n) is 6.12. The molecular weight excluding hydrogens is 373 g/mol. The van der Waals surface area contributed by atoms with Crippen LogP contribution in [0.4, 0.5) is 5.69 Å². The fraction of sp³-hybridized carbons (Fsp3) is 0.556. The highest BCUT2D eigenvalue weighted by Crippen LogP contribution is 2.49. The Morgan fingerprint density at radius 3 is 2.15 bits per heavy atom. The summed E-state index contributed by atoms with van der Waals surface area (Å²) in [7, 11) is 0.730. The number of rotatable bonds is 7. The molecule has 2 rings (SSSR count). The van der Waals surface area contributed by atoms with Crippen molar-refractivity contribution in [2.24, 2.45) is 5.41 Å². The van der Waals surface area contributed by atoms with Crippen molar-refractivity contribution in [1.29, 1.82) is 0 Å². The fourth-order valence-corrected chi connectivity index (χ4v) is 5.82. The van der Waals surface area contributed by atoms with Crippen LogP contribution in [0.3, 0.4) is 0 Å². The van der Waals surface area contributed by atoms with Gasteiger partial charge in [0.15, 0.2) is 11.2 Å². The molecule has 1 aliphatic rings. The Bertz CT molecular complexity index is 694. The monoisotopic (exact) mass is 397 g/mol. The third-order valence-corrected chi connectivity index (χ3v) is 7.21. The Kier molecular flexibility index (Phi) is 7.13. The smallest absolute Gasteiger partial charge is 0.323 e. The number of benzene rings is 1. The molecule has 0 spiro atoms. The first kappa shape index (κ1) is 21.1. The van der Waals surface area contributed by atoms with Gasteiger partial charge >= 0.3 is 17.6 Å². The molecule has 148 valence electrons. The Morgan fingerprint density at radius 1 is 1.15 bits per heavy atom. The van der Waals surface area contributed by atoms with E-state index in [0.29, 0.717) is 25.2 Å². The minimum Gasteiger partial charge on any atom is -0.490 e. The molecule has 1 aromatic rings. The van der Waals surface area contributed by atoms with Gasteiger partial charge in [0.25, 0.3) is 0 Å². The maximum absolute atomic E-state index is 12.5. The lowest BCUT2D eigenvalue weighted by molar-refractivity contribution is -0.385. The normalized spacial score (nSPS) is 16.4. The van der Waals surface area contributed by atoms with E-state index in [1.54, 1.807) is 26.0 Å². The van der Waals surface area contributed by atoms with Gasteiger partial charge in [0, 0.05) is 6.07 Å². The molecular formula is C18H24NO7P. The molecule has 0 aliphatic carbocycles. The lowest BCUT2D eigenvalue weighted by atomic mass is 9.82. The summed E-state index contributed by atoms with van der Waals surface area (Å²) in [5.41, 5.74) is -1.34. The van der Waals surface area contributed by atoms with E-state index in [4.69, 9.17) is 14.2 Å². The molecule has 9 heteroatoms. The highest BCUT2D eigenvalue weighted by Gasteiger charge is 2.51. The van der Waals surface area contributed by atoms with Crippen LogP contribution >= 0.6 is 7.92 Å². The van der Waals surface area contributed by atoms with Gasteiger partial charge in [-0.1, -0.05) is 7.92 Å². The summed E-state index contributed by atoms with van der Waals surface area (Å²) in [6, 6.07) is 4.86. The van der Waals surface area contributed by atoms with Crippen LogP contribution in [0.2, 0.25) is 0 Å². The van der Waals surface area contributed by atoms with Crippen LogP contribution in [-0.2, 0) is 19.1 Å². The van der Waals surface area contributed by atoms with Crippen molar-refractivity contribution in [1.82, 2.24) is 0 Å². The Hall–Kier alpha value is -2.21. The lowest BCUT2D eigenvalue weighted by Gasteiger charge is -2.36. The summed E-state index contributed by atoms with van der Waals surface area (Å²) in [5.74, 6) is -0.841. The van der Waals surface area contributed by atoms with Gasteiger partial charge in [-0.2, -0.15) is 0 Å². The third-order valence-electron chi connectivity index (χ3n) is 4.67. The van der Waals surface area contributed by atoms with Gasteiger partial charge < -0.3 is 14.2 Å². The Labute approximate surface area is 159 Å². The zero-order valence-electron chi connectivity index (χ0n) is 15.7. The van der Waals surface area contributed by atoms with Crippen LogP contribution in [0.15, 0.2) is 18.2 Å². The first-order valence-electron chi connectivity index (χ1n) is 8.81. The quantitative estimate of drug-likeness (QED) is 0.229. The molecule has 1 heterocycles. The molecule has 1 aliphatic heterocycles. The van der Waals surface area contributed by atoms with Crippen molar-refractivity contribution < 1.29 is 28.7 Å². The fourth-order valence-electron chi connectivity index (χ4n) is 3.19. The Balaban J connectivity index is 2.22. The summed E-state index contributed by atoms with van der Waals surface area (Å²) >= 11 is 0. The van der Waals surface area contributed by atoms with Crippen molar-refractivity contribution in [3.8, 4) is 5.75 Å². The van der Waals surface area contributed by atoms with Gasteiger partial charge in [0.05, 0.1) is 25.2 Å². The number of esters is 2. The third kappa shape index (κ3) is 4.38. The topological polar surface area (TPSA) is 105 Å². The van der Waals surface area contributed by atoms with Gasteiger partial charge in [-0.05, 0) is 56.5 Å². The van der Waals surface area contributed by atoms with E-state index < -0.39 is 30.2 Å². The number of nitro benzene ring substituents is 1. The average Bonchev–Trinajstić information content (AvgIpc) is 2.67. The summed E-state index contributed by atoms with van der Waals surface area (Å²) in [6.45, 7) is 3.81.